The summed E-state index contributed by atoms with van der Waals surface area (Å²) in [5, 5.41) is 4.09. The monoisotopic (exact) mass is 252 g/mol. The fourth-order valence-electron chi connectivity index (χ4n) is 1.65. The Morgan fingerprint density at radius 2 is 2.00 bits per heavy atom. The van der Waals surface area contributed by atoms with Crippen molar-refractivity contribution in [2.75, 3.05) is 7.05 Å². The molecule has 1 rings (SSSR count). The minimum Gasteiger partial charge on any atom is -0.341 e. The highest BCUT2D eigenvalue weighted by Gasteiger charge is 2.41. The summed E-state index contributed by atoms with van der Waals surface area (Å²) < 4.78 is 1.73. The maximum atomic E-state index is 12.4. The lowest BCUT2D eigenvalue weighted by Gasteiger charge is -2.39. The fourth-order valence-corrected chi connectivity index (χ4v) is 1.65. The van der Waals surface area contributed by atoms with Crippen LogP contribution in [0, 0.1) is 5.41 Å². The van der Waals surface area contributed by atoms with E-state index in [2.05, 4.69) is 5.10 Å². The third-order valence-corrected chi connectivity index (χ3v) is 3.67. The van der Waals surface area contributed by atoms with Gasteiger partial charge in [0.05, 0.1) is 11.6 Å². The highest BCUT2D eigenvalue weighted by Crippen LogP contribution is 2.30. The van der Waals surface area contributed by atoms with Crippen LogP contribution in [-0.2, 0) is 18.4 Å². The van der Waals surface area contributed by atoms with Gasteiger partial charge in [0.15, 0.2) is 0 Å². The number of hydrogen-bond acceptors (Lipinski definition) is 3. The molecule has 1 aromatic rings. The molecule has 1 amide bonds. The molecule has 0 aromatic carbocycles. The van der Waals surface area contributed by atoms with Gasteiger partial charge in [-0.1, -0.05) is 0 Å². The Labute approximate surface area is 109 Å². The van der Waals surface area contributed by atoms with E-state index < -0.39 is 11.0 Å². The van der Waals surface area contributed by atoms with E-state index in [1.165, 1.54) is 0 Å². The summed E-state index contributed by atoms with van der Waals surface area (Å²) in [4.78, 5) is 14.1. The van der Waals surface area contributed by atoms with Gasteiger partial charge in [0.1, 0.15) is 0 Å². The number of hydrogen-bond donors (Lipinski definition) is 1. The molecule has 18 heavy (non-hydrogen) atoms. The number of nitrogens with two attached hydrogens (primary N) is 1. The van der Waals surface area contributed by atoms with E-state index in [1.807, 2.05) is 40.9 Å². The van der Waals surface area contributed by atoms with Crippen LogP contribution in [-0.4, -0.2) is 33.2 Å². The van der Waals surface area contributed by atoms with Crippen LogP contribution in [0.5, 0.6) is 0 Å². The zero-order valence-electron chi connectivity index (χ0n) is 12.2. The van der Waals surface area contributed by atoms with E-state index in [0.29, 0.717) is 6.54 Å². The van der Waals surface area contributed by atoms with Crippen LogP contribution in [0.15, 0.2) is 12.4 Å². The van der Waals surface area contributed by atoms with Crippen LogP contribution >= 0.6 is 0 Å². The van der Waals surface area contributed by atoms with E-state index >= 15 is 0 Å². The van der Waals surface area contributed by atoms with Crippen molar-refractivity contribution in [2.24, 2.45) is 18.2 Å². The Hall–Kier alpha value is -1.36. The topological polar surface area (TPSA) is 64.2 Å². The van der Waals surface area contributed by atoms with Gasteiger partial charge in [0.2, 0.25) is 5.91 Å². The van der Waals surface area contributed by atoms with Gasteiger partial charge in [-0.3, -0.25) is 9.48 Å². The van der Waals surface area contributed by atoms with Crippen molar-refractivity contribution >= 4 is 5.91 Å². The van der Waals surface area contributed by atoms with Gasteiger partial charge in [-0.25, -0.2) is 0 Å². The number of carbonyl (C=O) groups excluding carboxylic acids is 1. The normalized spacial score (nSPS) is 12.6. The second kappa shape index (κ2) is 4.72. The number of aryl methyl sites for hydroxylation is 1. The molecule has 0 atom stereocenters. The van der Waals surface area contributed by atoms with Crippen molar-refractivity contribution in [3.8, 4) is 0 Å². The first kappa shape index (κ1) is 14.7. The first-order valence-corrected chi connectivity index (χ1v) is 6.07. The first-order chi connectivity index (χ1) is 8.05. The highest BCUT2D eigenvalue weighted by molar-refractivity contribution is 5.83. The summed E-state index contributed by atoms with van der Waals surface area (Å²) in [6.45, 7) is 8.07. The molecule has 102 valence electrons. The number of aromatic nitrogens is 2. The SMILES string of the molecule is CN(Cc1cnn(C)c1)C(=O)C(C)(C)C(C)(C)N. The number of rotatable bonds is 4. The molecule has 0 spiro atoms. The third-order valence-electron chi connectivity index (χ3n) is 3.67. The van der Waals surface area contributed by atoms with E-state index in [-0.39, 0.29) is 5.91 Å². The number of carbonyl (C=O) groups is 1. The summed E-state index contributed by atoms with van der Waals surface area (Å²) in [6, 6.07) is 0. The van der Waals surface area contributed by atoms with Crippen LogP contribution in [0.4, 0.5) is 0 Å². The summed E-state index contributed by atoms with van der Waals surface area (Å²) in [6.07, 6.45) is 3.68. The Bertz CT molecular complexity index is 428. The Morgan fingerprint density at radius 1 is 1.44 bits per heavy atom. The second-order valence-electron chi connectivity index (χ2n) is 6.03. The van der Waals surface area contributed by atoms with E-state index in [1.54, 1.807) is 22.8 Å². The van der Waals surface area contributed by atoms with Crippen LogP contribution in [0.25, 0.3) is 0 Å². The smallest absolute Gasteiger partial charge is 0.230 e. The van der Waals surface area contributed by atoms with Crippen molar-refractivity contribution in [1.29, 1.82) is 0 Å². The molecule has 1 aromatic heterocycles. The van der Waals surface area contributed by atoms with Crippen LogP contribution in [0.3, 0.4) is 0 Å². The lowest BCUT2D eigenvalue weighted by molar-refractivity contribution is -0.142. The fraction of sp³-hybridized carbons (Fsp3) is 0.692. The van der Waals surface area contributed by atoms with Gasteiger partial charge < -0.3 is 10.6 Å². The summed E-state index contributed by atoms with van der Waals surface area (Å²) in [5.74, 6) is 0.0406. The molecule has 2 N–H and O–H groups in total. The highest BCUT2D eigenvalue weighted by atomic mass is 16.2. The Kier molecular flexibility index (Phi) is 3.86. The van der Waals surface area contributed by atoms with Crippen LogP contribution in [0.1, 0.15) is 33.3 Å². The molecule has 0 radical (unpaired) electrons. The van der Waals surface area contributed by atoms with Gasteiger partial charge in [0, 0.05) is 37.9 Å². The van der Waals surface area contributed by atoms with Gasteiger partial charge in [-0.2, -0.15) is 5.10 Å². The van der Waals surface area contributed by atoms with E-state index in [4.69, 9.17) is 5.73 Å². The molecule has 0 aliphatic carbocycles. The lowest BCUT2D eigenvalue weighted by atomic mass is 9.74. The van der Waals surface area contributed by atoms with E-state index in [9.17, 15) is 4.79 Å². The van der Waals surface area contributed by atoms with Crippen molar-refractivity contribution < 1.29 is 4.79 Å². The van der Waals surface area contributed by atoms with Gasteiger partial charge in [-0.15, -0.1) is 0 Å². The van der Waals surface area contributed by atoms with Crippen molar-refractivity contribution in [3.05, 3.63) is 18.0 Å². The van der Waals surface area contributed by atoms with Gasteiger partial charge in [0.25, 0.3) is 0 Å². The third kappa shape index (κ3) is 2.90. The standard InChI is InChI=1S/C13H24N4O/c1-12(2,13(3,4)14)11(18)16(5)8-10-7-15-17(6)9-10/h7,9H,8,14H2,1-6H3. The number of nitrogens with zero attached hydrogens (tertiary/aromatic N) is 3. The minimum atomic E-state index is -0.607. The van der Waals surface area contributed by atoms with Gasteiger partial charge in [-0.05, 0) is 27.7 Å². The first-order valence-electron chi connectivity index (χ1n) is 6.07. The van der Waals surface area contributed by atoms with Gasteiger partial charge >= 0.3 is 0 Å². The molecular weight excluding hydrogens is 228 g/mol. The predicted molar refractivity (Wildman–Crippen MR) is 71.7 cm³/mol. The molecule has 1 heterocycles. The minimum absolute atomic E-state index is 0.0406. The Balaban J connectivity index is 2.79. The van der Waals surface area contributed by atoms with Crippen molar-refractivity contribution in [1.82, 2.24) is 14.7 Å². The zero-order valence-corrected chi connectivity index (χ0v) is 12.2. The van der Waals surface area contributed by atoms with E-state index in [0.717, 1.165) is 5.56 Å². The molecule has 0 bridgehead atoms. The average molecular weight is 252 g/mol. The molecular formula is C13H24N4O. The maximum absolute atomic E-state index is 12.4. The average Bonchev–Trinajstić information content (AvgIpc) is 2.61. The molecule has 5 nitrogen and oxygen atoms in total. The largest absolute Gasteiger partial charge is 0.341 e. The van der Waals surface area contributed by atoms with Crippen molar-refractivity contribution in [2.45, 2.75) is 39.8 Å². The quantitative estimate of drug-likeness (QED) is 0.874. The van der Waals surface area contributed by atoms with Crippen molar-refractivity contribution in [3.63, 3.8) is 0 Å². The van der Waals surface area contributed by atoms with Crippen LogP contribution in [0.2, 0.25) is 0 Å². The maximum Gasteiger partial charge on any atom is 0.230 e. The zero-order chi connectivity index (χ0) is 14.1. The molecule has 5 heteroatoms. The molecule has 0 saturated heterocycles. The Morgan fingerprint density at radius 3 is 2.39 bits per heavy atom. The number of amides is 1. The summed E-state index contributed by atoms with van der Waals surface area (Å²) in [7, 11) is 3.65. The predicted octanol–water partition coefficient (Wildman–Crippen LogP) is 1.14. The molecule has 0 saturated carbocycles. The molecule has 0 fully saturated rings. The van der Waals surface area contributed by atoms with Crippen LogP contribution < -0.4 is 5.73 Å². The lowest BCUT2D eigenvalue weighted by Crippen LogP contribution is -2.55. The molecule has 0 aliphatic rings. The summed E-state index contributed by atoms with van der Waals surface area (Å²) >= 11 is 0. The molecule has 0 unspecified atom stereocenters. The summed E-state index contributed by atoms with van der Waals surface area (Å²) in [5.41, 5.74) is 5.93. The second-order valence-corrected chi connectivity index (χ2v) is 6.03. The molecule has 0 aliphatic heterocycles.